The average Bonchev–Trinajstić information content (AvgIpc) is 3.31. The second-order valence-electron chi connectivity index (χ2n) is 10.8. The predicted molar refractivity (Wildman–Crippen MR) is 141 cm³/mol. The van der Waals surface area contributed by atoms with Gasteiger partial charge in [0, 0.05) is 25.1 Å². The maximum atomic E-state index is 12.9. The number of piperidine rings is 1. The summed E-state index contributed by atoms with van der Waals surface area (Å²) in [6.07, 6.45) is 6.95. The molecule has 1 unspecified atom stereocenters. The van der Waals surface area contributed by atoms with Gasteiger partial charge in [-0.05, 0) is 82.4 Å². The fourth-order valence-electron chi connectivity index (χ4n) is 5.27. The maximum Gasteiger partial charge on any atom is 0.182 e. The minimum absolute atomic E-state index is 0.0125. The highest BCUT2D eigenvalue weighted by Crippen LogP contribution is 2.43. The molecule has 3 aliphatic rings. The third-order valence-corrected chi connectivity index (χ3v) is 9.72. The quantitative estimate of drug-likeness (QED) is 0.535. The lowest BCUT2D eigenvalue weighted by molar-refractivity contribution is -0.0372. The summed E-state index contributed by atoms with van der Waals surface area (Å²) in [5, 5.41) is 4.70. The molecule has 1 spiro atoms. The van der Waals surface area contributed by atoms with Crippen LogP contribution < -0.4 is 9.62 Å². The zero-order chi connectivity index (χ0) is 24.1. The number of anilines is 1. The molecule has 3 aliphatic heterocycles. The van der Waals surface area contributed by atoms with Gasteiger partial charge < -0.3 is 14.4 Å². The minimum Gasteiger partial charge on any atom is -0.376 e. The Hall–Kier alpha value is -0.890. The largest absolute Gasteiger partial charge is 0.376 e. The van der Waals surface area contributed by atoms with E-state index in [-0.39, 0.29) is 28.5 Å². The van der Waals surface area contributed by atoms with E-state index in [2.05, 4.69) is 39.1 Å². The van der Waals surface area contributed by atoms with Crippen molar-refractivity contribution in [3.63, 3.8) is 0 Å². The van der Waals surface area contributed by atoms with Gasteiger partial charge in [0.25, 0.3) is 0 Å². The van der Waals surface area contributed by atoms with Crippen molar-refractivity contribution < 1.29 is 13.7 Å². The Labute approximate surface area is 217 Å². The molecule has 5 heterocycles. The van der Waals surface area contributed by atoms with Crippen LogP contribution in [0.3, 0.4) is 0 Å². The van der Waals surface area contributed by atoms with E-state index in [4.69, 9.17) is 24.5 Å². The number of nitrogens with zero attached hydrogens (tertiary/aromatic N) is 5. The number of fused-ring (bicyclic) bond motifs is 1. The van der Waals surface area contributed by atoms with Gasteiger partial charge in [-0.25, -0.2) is 23.6 Å². The fourth-order valence-corrected chi connectivity index (χ4v) is 6.90. The summed E-state index contributed by atoms with van der Waals surface area (Å²) < 4.78 is 30.8. The standard InChI is InChI=1S/C23H35IN6O3S/c1-15-19(28-34(31)22(2,3)4)23(14-33-15)8-10-29(11-9-23)16-13-25-18-20(24)27-30(21(18)26-16)17-7-5-6-12-32-17/h13,15,17,19,28H,5-12,14H2,1-4H3/t15-,17?,19+,34-/m0/s1. The van der Waals surface area contributed by atoms with Gasteiger partial charge in [0.05, 0.1) is 40.7 Å². The van der Waals surface area contributed by atoms with Crippen LogP contribution in [0.4, 0.5) is 5.82 Å². The molecule has 3 saturated heterocycles. The molecule has 1 N–H and O–H groups in total. The first-order valence-electron chi connectivity index (χ1n) is 12.2. The molecule has 34 heavy (non-hydrogen) atoms. The number of hydrogen-bond acceptors (Lipinski definition) is 7. The number of nitrogens with one attached hydrogen (secondary N) is 1. The number of aromatic nitrogens is 4. The van der Waals surface area contributed by atoms with Crippen LogP contribution in [0.2, 0.25) is 0 Å². The topological polar surface area (TPSA) is 94.4 Å². The zero-order valence-corrected chi connectivity index (χ0v) is 23.4. The first kappa shape index (κ1) is 24.8. The molecular formula is C23H35IN6O3S. The Morgan fingerprint density at radius 1 is 1.24 bits per heavy atom. The van der Waals surface area contributed by atoms with Gasteiger partial charge in [-0.15, -0.1) is 0 Å². The Morgan fingerprint density at radius 3 is 2.68 bits per heavy atom. The van der Waals surface area contributed by atoms with Crippen molar-refractivity contribution >= 4 is 50.6 Å². The zero-order valence-electron chi connectivity index (χ0n) is 20.4. The minimum atomic E-state index is -1.13. The lowest BCUT2D eigenvalue weighted by atomic mass is 9.73. The summed E-state index contributed by atoms with van der Waals surface area (Å²) in [5.41, 5.74) is 1.62. The maximum absolute atomic E-state index is 12.9. The first-order chi connectivity index (χ1) is 16.2. The Balaban J connectivity index is 1.34. The summed E-state index contributed by atoms with van der Waals surface area (Å²) in [6, 6.07) is 0.0785. The van der Waals surface area contributed by atoms with Crippen molar-refractivity contribution in [3.8, 4) is 0 Å². The summed E-state index contributed by atoms with van der Waals surface area (Å²) in [7, 11) is -1.13. The van der Waals surface area contributed by atoms with E-state index in [0.29, 0.717) is 6.61 Å². The van der Waals surface area contributed by atoms with Crippen LogP contribution in [-0.2, 0) is 20.5 Å². The molecule has 3 fully saturated rings. The molecule has 188 valence electrons. The lowest BCUT2D eigenvalue weighted by Crippen LogP contribution is -2.55. The summed E-state index contributed by atoms with van der Waals surface area (Å²) in [4.78, 5) is 12.0. The van der Waals surface area contributed by atoms with Gasteiger partial charge in [0.1, 0.15) is 11.3 Å². The predicted octanol–water partition coefficient (Wildman–Crippen LogP) is 3.56. The van der Waals surface area contributed by atoms with Crippen molar-refractivity contribution in [2.24, 2.45) is 5.41 Å². The Bertz CT molecular complexity index is 1060. The van der Waals surface area contributed by atoms with Gasteiger partial charge >= 0.3 is 0 Å². The van der Waals surface area contributed by atoms with Crippen LogP contribution >= 0.6 is 22.6 Å². The highest BCUT2D eigenvalue weighted by Gasteiger charge is 2.50. The van der Waals surface area contributed by atoms with E-state index in [0.717, 1.165) is 72.5 Å². The second kappa shape index (κ2) is 9.53. The van der Waals surface area contributed by atoms with E-state index in [9.17, 15) is 4.21 Å². The number of halogens is 1. The average molecular weight is 603 g/mol. The number of ether oxygens (including phenoxy) is 2. The third-order valence-electron chi connectivity index (χ3n) is 7.41. The van der Waals surface area contributed by atoms with Crippen LogP contribution in [0.25, 0.3) is 11.2 Å². The van der Waals surface area contributed by atoms with Crippen LogP contribution in [0.5, 0.6) is 0 Å². The van der Waals surface area contributed by atoms with Gasteiger partial charge in [-0.2, -0.15) is 5.10 Å². The van der Waals surface area contributed by atoms with Crippen molar-refractivity contribution in [2.75, 3.05) is 31.2 Å². The summed E-state index contributed by atoms with van der Waals surface area (Å²) >= 11 is 2.23. The van der Waals surface area contributed by atoms with Crippen LogP contribution in [0.15, 0.2) is 6.20 Å². The van der Waals surface area contributed by atoms with Crippen molar-refractivity contribution in [1.82, 2.24) is 24.5 Å². The number of rotatable bonds is 4. The SMILES string of the molecule is C[C@@H]1OCC2(CCN(c3cnc4c(I)nn(C5CCCCO5)c4n3)CC2)[C@@H]1N[S@@](=O)C(C)(C)C. The van der Waals surface area contributed by atoms with E-state index in [1.54, 1.807) is 0 Å². The van der Waals surface area contributed by atoms with Crippen LogP contribution in [0, 0.1) is 9.12 Å². The van der Waals surface area contributed by atoms with Gasteiger partial charge in [-0.3, -0.25) is 0 Å². The molecule has 0 amide bonds. The fraction of sp³-hybridized carbons (Fsp3) is 0.783. The molecule has 0 bridgehead atoms. The lowest BCUT2D eigenvalue weighted by Gasteiger charge is -2.43. The third kappa shape index (κ3) is 4.62. The number of hydrogen-bond donors (Lipinski definition) is 1. The highest BCUT2D eigenvalue weighted by molar-refractivity contribution is 14.1. The van der Waals surface area contributed by atoms with E-state index in [1.807, 2.05) is 31.6 Å². The Morgan fingerprint density at radius 2 is 2.00 bits per heavy atom. The molecule has 11 heteroatoms. The van der Waals surface area contributed by atoms with E-state index < -0.39 is 11.0 Å². The molecule has 9 nitrogen and oxygen atoms in total. The summed E-state index contributed by atoms with van der Waals surface area (Å²) in [5.74, 6) is 0.880. The van der Waals surface area contributed by atoms with Crippen molar-refractivity contribution in [3.05, 3.63) is 9.90 Å². The molecule has 0 aliphatic carbocycles. The molecular weight excluding hydrogens is 567 g/mol. The monoisotopic (exact) mass is 602 g/mol. The van der Waals surface area contributed by atoms with E-state index in [1.165, 1.54) is 0 Å². The first-order valence-corrected chi connectivity index (χ1v) is 14.5. The van der Waals surface area contributed by atoms with E-state index >= 15 is 0 Å². The summed E-state index contributed by atoms with van der Waals surface area (Å²) in [6.45, 7) is 11.3. The smallest absolute Gasteiger partial charge is 0.182 e. The van der Waals surface area contributed by atoms with Gasteiger partial charge in [-0.1, -0.05) is 0 Å². The molecule has 2 aromatic heterocycles. The molecule has 2 aromatic rings. The molecule has 4 atom stereocenters. The Kier molecular flexibility index (Phi) is 6.95. The van der Waals surface area contributed by atoms with Crippen molar-refractivity contribution in [2.45, 2.75) is 82.9 Å². The second-order valence-corrected chi connectivity index (χ2v) is 13.8. The normalized spacial score (nSPS) is 28.6. The molecule has 5 rings (SSSR count). The van der Waals surface area contributed by atoms with Crippen LogP contribution in [-0.4, -0.2) is 67.2 Å². The highest BCUT2D eigenvalue weighted by atomic mass is 127. The molecule has 0 saturated carbocycles. The van der Waals surface area contributed by atoms with Crippen LogP contribution in [0.1, 0.15) is 66.0 Å². The molecule has 0 aromatic carbocycles. The van der Waals surface area contributed by atoms with Gasteiger partial charge in [0.15, 0.2) is 15.6 Å². The van der Waals surface area contributed by atoms with Crippen molar-refractivity contribution in [1.29, 1.82) is 0 Å². The molecule has 0 radical (unpaired) electrons. The van der Waals surface area contributed by atoms with Gasteiger partial charge in [0.2, 0.25) is 0 Å².